The number of nitrogen functional groups attached to an aromatic ring is 1. The summed E-state index contributed by atoms with van der Waals surface area (Å²) in [6.07, 6.45) is -2.81. The molecular formula is C9H9F2NO2. The van der Waals surface area contributed by atoms with Gasteiger partial charge in [0.15, 0.2) is 5.78 Å². The van der Waals surface area contributed by atoms with Crippen molar-refractivity contribution >= 4 is 11.5 Å². The van der Waals surface area contributed by atoms with Gasteiger partial charge in [0, 0.05) is 11.1 Å². The molecule has 0 aliphatic rings. The number of phenols is 1. The van der Waals surface area contributed by atoms with E-state index in [9.17, 15) is 13.6 Å². The molecule has 1 aromatic carbocycles. The number of anilines is 1. The number of ketones is 1. The molecule has 0 spiro atoms. The Balaban J connectivity index is 3.35. The van der Waals surface area contributed by atoms with Crippen LogP contribution in [0.2, 0.25) is 0 Å². The molecule has 1 aromatic rings. The Kier molecular flexibility index (Phi) is 2.69. The number of halogens is 2. The minimum absolute atomic E-state index is 0.0204. The first kappa shape index (κ1) is 10.4. The zero-order chi connectivity index (χ0) is 10.9. The number of benzene rings is 1. The quantitative estimate of drug-likeness (QED) is 0.437. The highest BCUT2D eigenvalue weighted by atomic mass is 19.3. The van der Waals surface area contributed by atoms with Gasteiger partial charge in [-0.15, -0.1) is 0 Å². The molecule has 3 N–H and O–H groups in total. The van der Waals surface area contributed by atoms with Crippen molar-refractivity contribution in [3.8, 4) is 5.75 Å². The molecule has 5 heteroatoms. The highest BCUT2D eigenvalue weighted by molar-refractivity contribution is 5.95. The van der Waals surface area contributed by atoms with Gasteiger partial charge >= 0.3 is 0 Å². The van der Waals surface area contributed by atoms with Crippen LogP contribution in [0.5, 0.6) is 5.75 Å². The van der Waals surface area contributed by atoms with Gasteiger partial charge in [0.1, 0.15) is 5.75 Å². The number of hydrogen-bond acceptors (Lipinski definition) is 3. The number of carbonyl (C=O) groups is 1. The van der Waals surface area contributed by atoms with Crippen molar-refractivity contribution in [3.63, 3.8) is 0 Å². The zero-order valence-electron chi connectivity index (χ0n) is 7.42. The van der Waals surface area contributed by atoms with Gasteiger partial charge in [-0.3, -0.25) is 4.79 Å². The van der Waals surface area contributed by atoms with Crippen LogP contribution in [0.3, 0.4) is 0 Å². The summed E-state index contributed by atoms with van der Waals surface area (Å²) in [5.41, 5.74) is 4.33. The van der Waals surface area contributed by atoms with Crippen LogP contribution >= 0.6 is 0 Å². The molecule has 76 valence electrons. The molecule has 3 nitrogen and oxygen atoms in total. The van der Waals surface area contributed by atoms with Crippen LogP contribution in [0.25, 0.3) is 0 Å². The van der Waals surface area contributed by atoms with Crippen LogP contribution in [0.4, 0.5) is 14.5 Å². The normalized spacial score (nSPS) is 10.6. The van der Waals surface area contributed by atoms with Crippen molar-refractivity contribution < 1.29 is 18.7 Å². The van der Waals surface area contributed by atoms with Gasteiger partial charge in [-0.2, -0.15) is 0 Å². The number of aromatic hydroxyl groups is 1. The van der Waals surface area contributed by atoms with Gasteiger partial charge in [0.2, 0.25) is 0 Å². The Morgan fingerprint density at radius 3 is 2.50 bits per heavy atom. The zero-order valence-corrected chi connectivity index (χ0v) is 7.42. The van der Waals surface area contributed by atoms with Gasteiger partial charge in [-0.05, 0) is 19.1 Å². The second-order valence-electron chi connectivity index (χ2n) is 2.86. The van der Waals surface area contributed by atoms with Crippen LogP contribution in [0.1, 0.15) is 29.3 Å². The van der Waals surface area contributed by atoms with E-state index in [2.05, 4.69) is 0 Å². The van der Waals surface area contributed by atoms with E-state index < -0.39 is 23.5 Å². The smallest absolute Gasteiger partial charge is 0.265 e. The van der Waals surface area contributed by atoms with Crippen LogP contribution < -0.4 is 5.73 Å². The van der Waals surface area contributed by atoms with Crippen molar-refractivity contribution in [1.82, 2.24) is 0 Å². The molecular weight excluding hydrogens is 192 g/mol. The van der Waals surface area contributed by atoms with Gasteiger partial charge in [-0.1, -0.05) is 0 Å². The fourth-order valence-corrected chi connectivity index (χ4v) is 1.04. The van der Waals surface area contributed by atoms with Crippen molar-refractivity contribution in [3.05, 3.63) is 23.3 Å². The monoisotopic (exact) mass is 201 g/mol. The Hall–Kier alpha value is -1.65. The maximum atomic E-state index is 12.3. The lowest BCUT2D eigenvalue weighted by molar-refractivity contribution is 0.101. The Labute approximate surface area is 79.2 Å². The topological polar surface area (TPSA) is 63.3 Å². The van der Waals surface area contributed by atoms with Gasteiger partial charge in [-0.25, -0.2) is 8.78 Å². The summed E-state index contributed by atoms with van der Waals surface area (Å²) in [7, 11) is 0. The van der Waals surface area contributed by atoms with E-state index in [1.807, 2.05) is 0 Å². The lowest BCUT2D eigenvalue weighted by atomic mass is 10.1. The van der Waals surface area contributed by atoms with E-state index in [4.69, 9.17) is 10.8 Å². The molecule has 0 saturated heterocycles. The third-order valence-corrected chi connectivity index (χ3v) is 1.83. The lowest BCUT2D eigenvalue weighted by Crippen LogP contribution is -2.00. The van der Waals surface area contributed by atoms with E-state index >= 15 is 0 Å². The molecule has 0 saturated carbocycles. The molecule has 0 amide bonds. The molecule has 0 aliphatic heterocycles. The van der Waals surface area contributed by atoms with E-state index in [1.165, 1.54) is 6.92 Å². The molecule has 1 rings (SSSR count). The van der Waals surface area contributed by atoms with Crippen LogP contribution in [-0.4, -0.2) is 10.9 Å². The van der Waals surface area contributed by atoms with Crippen molar-refractivity contribution in [2.45, 2.75) is 13.3 Å². The standard InChI is InChI=1S/C9H9F2NO2/c1-4(13)5-2-6(9(10)11)8(12)7(14)3-5/h2-3,9,14H,12H2,1H3. The maximum Gasteiger partial charge on any atom is 0.265 e. The summed E-state index contributed by atoms with van der Waals surface area (Å²) < 4.78 is 24.7. The Morgan fingerprint density at radius 2 is 2.07 bits per heavy atom. The largest absolute Gasteiger partial charge is 0.506 e. The fourth-order valence-electron chi connectivity index (χ4n) is 1.04. The number of alkyl halides is 2. The number of nitrogens with two attached hydrogens (primary N) is 1. The van der Waals surface area contributed by atoms with E-state index in [0.717, 1.165) is 12.1 Å². The first-order valence-electron chi connectivity index (χ1n) is 3.85. The molecule has 0 unspecified atom stereocenters. The second kappa shape index (κ2) is 3.61. The van der Waals surface area contributed by atoms with Crippen LogP contribution in [-0.2, 0) is 0 Å². The number of Topliss-reactive ketones (excluding diaryl/α,β-unsaturated/α-hetero) is 1. The number of phenolic OH excluding ortho intramolecular Hbond substituents is 1. The molecule has 0 fully saturated rings. The Morgan fingerprint density at radius 1 is 1.50 bits per heavy atom. The van der Waals surface area contributed by atoms with Crippen molar-refractivity contribution in [2.75, 3.05) is 5.73 Å². The van der Waals surface area contributed by atoms with Crippen LogP contribution in [0.15, 0.2) is 12.1 Å². The first-order valence-corrected chi connectivity index (χ1v) is 3.85. The fraction of sp³-hybridized carbons (Fsp3) is 0.222. The second-order valence-corrected chi connectivity index (χ2v) is 2.86. The molecule has 0 heterocycles. The van der Waals surface area contributed by atoms with E-state index in [1.54, 1.807) is 0 Å². The SMILES string of the molecule is CC(=O)c1cc(O)c(N)c(C(F)F)c1. The number of carbonyl (C=O) groups excluding carboxylic acids is 1. The third-order valence-electron chi connectivity index (χ3n) is 1.83. The minimum Gasteiger partial charge on any atom is -0.506 e. The van der Waals surface area contributed by atoms with E-state index in [-0.39, 0.29) is 11.3 Å². The van der Waals surface area contributed by atoms with Crippen molar-refractivity contribution in [1.29, 1.82) is 0 Å². The summed E-state index contributed by atoms with van der Waals surface area (Å²) in [5, 5.41) is 9.17. The molecule has 0 radical (unpaired) electrons. The first-order chi connectivity index (χ1) is 6.43. The molecule has 0 aromatic heterocycles. The maximum absolute atomic E-state index is 12.3. The van der Waals surface area contributed by atoms with Gasteiger partial charge in [0.05, 0.1) is 5.69 Å². The molecule has 14 heavy (non-hydrogen) atoms. The summed E-state index contributed by atoms with van der Waals surface area (Å²) >= 11 is 0. The summed E-state index contributed by atoms with van der Waals surface area (Å²) in [5.74, 6) is -0.893. The summed E-state index contributed by atoms with van der Waals surface area (Å²) in [4.78, 5) is 10.9. The van der Waals surface area contributed by atoms with Gasteiger partial charge in [0.25, 0.3) is 6.43 Å². The lowest BCUT2D eigenvalue weighted by Gasteiger charge is -2.08. The Bertz CT molecular complexity index is 377. The average Bonchev–Trinajstić information content (AvgIpc) is 2.08. The van der Waals surface area contributed by atoms with E-state index in [0.29, 0.717) is 0 Å². The van der Waals surface area contributed by atoms with Crippen LogP contribution in [0, 0.1) is 0 Å². The predicted molar refractivity (Wildman–Crippen MR) is 47.5 cm³/mol. The minimum atomic E-state index is -2.81. The molecule has 0 bridgehead atoms. The van der Waals surface area contributed by atoms with Crippen molar-refractivity contribution in [2.24, 2.45) is 0 Å². The highest BCUT2D eigenvalue weighted by Crippen LogP contribution is 2.33. The number of rotatable bonds is 2. The average molecular weight is 201 g/mol. The third kappa shape index (κ3) is 1.81. The molecule has 0 atom stereocenters. The molecule has 0 aliphatic carbocycles. The number of hydrogen-bond donors (Lipinski definition) is 2. The van der Waals surface area contributed by atoms with Gasteiger partial charge < -0.3 is 10.8 Å². The summed E-state index contributed by atoms with van der Waals surface area (Å²) in [6, 6.07) is 2.06. The predicted octanol–water partition coefficient (Wildman–Crippen LogP) is 2.11. The highest BCUT2D eigenvalue weighted by Gasteiger charge is 2.16. The summed E-state index contributed by atoms with van der Waals surface area (Å²) in [6.45, 7) is 1.22.